The summed E-state index contributed by atoms with van der Waals surface area (Å²) >= 11 is 1.63. The Morgan fingerprint density at radius 1 is 1.32 bits per heavy atom. The van der Waals surface area contributed by atoms with Crippen LogP contribution in [0.15, 0.2) is 30.3 Å². The fourth-order valence-corrected chi connectivity index (χ4v) is 4.94. The molecule has 2 aliphatic rings. The highest BCUT2D eigenvalue weighted by Crippen LogP contribution is 2.56. The maximum Gasteiger partial charge on any atom is 0.319 e. The number of aromatic amines is 1. The predicted molar refractivity (Wildman–Crippen MR) is 91.6 cm³/mol. The van der Waals surface area contributed by atoms with Gasteiger partial charge in [-0.2, -0.15) is 0 Å². The van der Waals surface area contributed by atoms with Gasteiger partial charge in [0.15, 0.2) is 5.82 Å². The molecule has 0 saturated carbocycles. The molecule has 1 aromatic heterocycles. The molecule has 3 amide bonds. The summed E-state index contributed by atoms with van der Waals surface area (Å²) in [4.78, 5) is 26.5. The largest absolute Gasteiger partial charge is 0.323 e. The second-order valence-corrected chi connectivity index (χ2v) is 8.26. The van der Waals surface area contributed by atoms with Gasteiger partial charge in [0.05, 0.1) is 0 Å². The number of rotatable bonds is 3. The van der Waals surface area contributed by atoms with Gasteiger partial charge in [-0.15, -0.1) is 16.9 Å². The van der Waals surface area contributed by atoms with Crippen LogP contribution in [0.1, 0.15) is 25.7 Å². The van der Waals surface area contributed by atoms with Crippen LogP contribution in [0.3, 0.4) is 0 Å². The lowest BCUT2D eigenvalue weighted by Crippen LogP contribution is -2.68. The second-order valence-electron chi connectivity index (χ2n) is 6.49. The first kappa shape index (κ1) is 15.9. The molecule has 3 heterocycles. The van der Waals surface area contributed by atoms with E-state index in [4.69, 9.17) is 0 Å². The molecule has 2 fully saturated rings. The first-order chi connectivity index (χ1) is 12.0. The Balaban J connectivity index is 1.46. The molecule has 10 heteroatoms. The van der Waals surface area contributed by atoms with Crippen molar-refractivity contribution in [3.8, 4) is 0 Å². The Labute approximate surface area is 147 Å². The number of hydrogen-bond acceptors (Lipinski definition) is 6. The third-order valence-corrected chi connectivity index (χ3v) is 5.95. The summed E-state index contributed by atoms with van der Waals surface area (Å²) < 4.78 is -0.270. The van der Waals surface area contributed by atoms with Crippen LogP contribution in [0.5, 0.6) is 0 Å². The number of nitrogens with one attached hydrogen (secondary N) is 3. The molecule has 130 valence electrons. The number of tetrazole rings is 1. The van der Waals surface area contributed by atoms with Crippen molar-refractivity contribution in [3.05, 3.63) is 36.2 Å². The number of amides is 3. The van der Waals surface area contributed by atoms with Crippen LogP contribution in [0.4, 0.5) is 10.5 Å². The fraction of sp³-hybridized carbons (Fsp3) is 0.400. The summed E-state index contributed by atoms with van der Waals surface area (Å²) in [6.07, 6.45) is 0. The molecule has 0 spiro atoms. The lowest BCUT2D eigenvalue weighted by atomic mass is 9.95. The second kappa shape index (κ2) is 5.73. The van der Waals surface area contributed by atoms with Crippen LogP contribution in [-0.4, -0.2) is 53.6 Å². The van der Waals surface area contributed by atoms with Crippen molar-refractivity contribution in [2.24, 2.45) is 0 Å². The minimum Gasteiger partial charge on any atom is -0.323 e. The molecule has 1 aromatic carbocycles. The minimum absolute atomic E-state index is 0.132. The van der Waals surface area contributed by atoms with E-state index in [1.54, 1.807) is 28.8 Å². The van der Waals surface area contributed by atoms with Crippen molar-refractivity contribution in [2.75, 3.05) is 5.32 Å². The number of fused-ring (bicyclic) bond motifs is 1. The van der Waals surface area contributed by atoms with Crippen molar-refractivity contribution in [2.45, 2.75) is 36.1 Å². The van der Waals surface area contributed by atoms with E-state index >= 15 is 0 Å². The van der Waals surface area contributed by atoms with Gasteiger partial charge in [-0.25, -0.2) is 9.89 Å². The lowest BCUT2D eigenvalue weighted by molar-refractivity contribution is -0.148. The Morgan fingerprint density at radius 2 is 2.08 bits per heavy atom. The number of β-lactam (4-membered cyclic amide) rings is 1. The number of aromatic nitrogens is 4. The highest BCUT2D eigenvalue weighted by atomic mass is 32.2. The average molecular weight is 359 g/mol. The summed E-state index contributed by atoms with van der Waals surface area (Å²) in [5.74, 6) is 0.424. The fourth-order valence-electron chi connectivity index (χ4n) is 3.30. The van der Waals surface area contributed by atoms with Gasteiger partial charge in [0, 0.05) is 10.4 Å². The number of thioether (sulfide) groups is 1. The van der Waals surface area contributed by atoms with Gasteiger partial charge in [0.1, 0.15) is 17.5 Å². The highest BCUT2D eigenvalue weighted by Gasteiger charge is 2.63. The molecule has 25 heavy (non-hydrogen) atoms. The monoisotopic (exact) mass is 359 g/mol. The number of hydrogen-bond donors (Lipinski definition) is 3. The first-order valence-corrected chi connectivity index (χ1v) is 8.71. The molecule has 0 radical (unpaired) electrons. The minimum atomic E-state index is -0.561. The van der Waals surface area contributed by atoms with E-state index in [9.17, 15) is 9.59 Å². The molecular weight excluding hydrogens is 342 g/mol. The maximum absolute atomic E-state index is 12.6. The van der Waals surface area contributed by atoms with Crippen molar-refractivity contribution in [1.29, 1.82) is 0 Å². The van der Waals surface area contributed by atoms with E-state index in [2.05, 4.69) is 31.3 Å². The molecule has 0 bridgehead atoms. The Hall–Kier alpha value is -2.62. The third kappa shape index (κ3) is 2.62. The highest BCUT2D eigenvalue weighted by molar-refractivity contribution is 8.01. The zero-order valence-corrected chi connectivity index (χ0v) is 14.4. The predicted octanol–water partition coefficient (Wildman–Crippen LogP) is 1.12. The summed E-state index contributed by atoms with van der Waals surface area (Å²) in [6.45, 7) is 4.08. The van der Waals surface area contributed by atoms with E-state index in [1.807, 2.05) is 32.0 Å². The van der Waals surface area contributed by atoms with E-state index in [1.165, 1.54) is 0 Å². The summed E-state index contributed by atoms with van der Waals surface area (Å²) in [7, 11) is 0. The molecule has 2 aromatic rings. The van der Waals surface area contributed by atoms with Crippen LogP contribution in [0, 0.1) is 0 Å². The molecule has 2 saturated heterocycles. The Bertz CT molecular complexity index is 795. The number of carbonyl (C=O) groups is 2. The average Bonchev–Trinajstić information content (AvgIpc) is 3.18. The SMILES string of the molecule is CC1(C)SC2C(NC(=O)Nc3ccccc3)C(=O)N2C1c1nnn[nH]1. The summed E-state index contributed by atoms with van der Waals surface area (Å²) in [5, 5.41) is 19.3. The molecule has 2 aliphatic heterocycles. The molecule has 3 N–H and O–H groups in total. The molecule has 4 rings (SSSR count). The van der Waals surface area contributed by atoms with Crippen LogP contribution in [-0.2, 0) is 4.79 Å². The standard InChI is InChI=1S/C15H17N7O2S/c1-15(2)10(11-18-20-21-19-11)22-12(23)9(13(22)25-15)17-14(24)16-8-6-4-3-5-7-8/h3-7,9-10,13H,1-2H3,(H2,16,17,24)(H,18,19,20,21). The first-order valence-electron chi connectivity index (χ1n) is 7.83. The Morgan fingerprint density at radius 3 is 2.76 bits per heavy atom. The zero-order valence-electron chi connectivity index (χ0n) is 13.6. The van der Waals surface area contributed by atoms with E-state index < -0.39 is 12.1 Å². The van der Waals surface area contributed by atoms with Crippen LogP contribution in [0.2, 0.25) is 0 Å². The Kier molecular flexibility index (Phi) is 3.64. The van der Waals surface area contributed by atoms with Gasteiger partial charge in [-0.3, -0.25) is 4.79 Å². The smallest absolute Gasteiger partial charge is 0.319 e. The van der Waals surface area contributed by atoms with Crippen molar-refractivity contribution < 1.29 is 9.59 Å². The van der Waals surface area contributed by atoms with Crippen LogP contribution in [0.25, 0.3) is 0 Å². The lowest BCUT2D eigenvalue weighted by Gasteiger charge is -2.44. The van der Waals surface area contributed by atoms with Gasteiger partial charge < -0.3 is 15.5 Å². The van der Waals surface area contributed by atoms with E-state index in [0.717, 1.165) is 0 Å². The van der Waals surface area contributed by atoms with Gasteiger partial charge in [-0.05, 0) is 36.4 Å². The normalized spacial score (nSPS) is 26.7. The molecule has 9 nitrogen and oxygen atoms in total. The van der Waals surface area contributed by atoms with Crippen molar-refractivity contribution in [3.63, 3.8) is 0 Å². The summed E-state index contributed by atoms with van der Waals surface area (Å²) in [6, 6.07) is 7.89. The van der Waals surface area contributed by atoms with Crippen LogP contribution >= 0.6 is 11.8 Å². The molecule has 3 unspecified atom stereocenters. The van der Waals surface area contributed by atoms with Crippen molar-refractivity contribution >= 4 is 29.4 Å². The quantitative estimate of drug-likeness (QED) is 0.708. The number of carbonyl (C=O) groups excluding carboxylic acids is 2. The maximum atomic E-state index is 12.6. The van der Waals surface area contributed by atoms with E-state index in [-0.39, 0.29) is 22.1 Å². The van der Waals surface area contributed by atoms with Gasteiger partial charge in [0.25, 0.3) is 0 Å². The molecular formula is C15H17N7O2S. The van der Waals surface area contributed by atoms with Gasteiger partial charge in [-0.1, -0.05) is 18.2 Å². The van der Waals surface area contributed by atoms with Gasteiger partial charge >= 0.3 is 6.03 Å². The van der Waals surface area contributed by atoms with E-state index in [0.29, 0.717) is 11.5 Å². The van der Waals surface area contributed by atoms with Crippen LogP contribution < -0.4 is 10.6 Å². The van der Waals surface area contributed by atoms with Crippen molar-refractivity contribution in [1.82, 2.24) is 30.8 Å². The number of anilines is 1. The number of nitrogens with zero attached hydrogens (tertiary/aromatic N) is 4. The number of urea groups is 1. The topological polar surface area (TPSA) is 116 Å². The van der Waals surface area contributed by atoms with Gasteiger partial charge in [0.2, 0.25) is 5.91 Å². The third-order valence-electron chi connectivity index (χ3n) is 4.38. The zero-order chi connectivity index (χ0) is 17.6. The molecule has 0 aliphatic carbocycles. The number of para-hydroxylation sites is 1. The number of benzene rings is 1. The summed E-state index contributed by atoms with van der Waals surface area (Å²) in [5.41, 5.74) is 0.675. The number of H-pyrrole nitrogens is 1. The molecule has 3 atom stereocenters.